The molecule has 0 aliphatic rings. The average Bonchev–Trinajstić information content (AvgIpc) is 2.47. The van der Waals surface area contributed by atoms with Gasteiger partial charge in [-0.2, -0.15) is 0 Å². The van der Waals surface area contributed by atoms with Crippen molar-refractivity contribution in [3.05, 3.63) is 54.4 Å². The molecule has 0 radical (unpaired) electrons. The number of aromatic nitrogens is 1. The van der Waals surface area contributed by atoms with Gasteiger partial charge in [-0.1, -0.05) is 25.1 Å². The molecule has 0 saturated carbocycles. The molecule has 2 rings (SSSR count). The molecule has 1 aromatic heterocycles. The van der Waals surface area contributed by atoms with Crippen LogP contribution in [-0.2, 0) is 11.3 Å². The number of aromatic hydroxyl groups is 1. The van der Waals surface area contributed by atoms with Crippen molar-refractivity contribution in [2.75, 3.05) is 4.90 Å². The number of benzene rings is 1. The summed E-state index contributed by atoms with van der Waals surface area (Å²) < 4.78 is 0. The minimum absolute atomic E-state index is 0.0142. The van der Waals surface area contributed by atoms with Crippen molar-refractivity contribution in [3.63, 3.8) is 0 Å². The number of amides is 1. The van der Waals surface area contributed by atoms with Crippen molar-refractivity contribution < 1.29 is 9.90 Å². The van der Waals surface area contributed by atoms with Crippen molar-refractivity contribution in [3.8, 4) is 5.75 Å². The van der Waals surface area contributed by atoms with E-state index in [0.29, 0.717) is 18.7 Å². The highest BCUT2D eigenvalue weighted by atomic mass is 16.3. The third-order valence-electron chi connectivity index (χ3n) is 2.98. The first-order valence-corrected chi connectivity index (χ1v) is 6.70. The van der Waals surface area contributed by atoms with E-state index in [9.17, 15) is 9.90 Å². The molecule has 1 amide bonds. The summed E-state index contributed by atoms with van der Waals surface area (Å²) >= 11 is 0. The van der Waals surface area contributed by atoms with E-state index in [1.54, 1.807) is 35.4 Å². The third kappa shape index (κ3) is 3.35. The molecule has 0 unspecified atom stereocenters. The molecule has 20 heavy (non-hydrogen) atoms. The number of pyridine rings is 1. The van der Waals surface area contributed by atoms with Gasteiger partial charge < -0.3 is 10.0 Å². The van der Waals surface area contributed by atoms with Crippen LogP contribution < -0.4 is 4.90 Å². The summed E-state index contributed by atoms with van der Waals surface area (Å²) in [6.45, 7) is 2.32. The summed E-state index contributed by atoms with van der Waals surface area (Å²) in [5.41, 5.74) is 1.32. The average molecular weight is 270 g/mol. The van der Waals surface area contributed by atoms with Crippen LogP contribution in [0.15, 0.2) is 48.7 Å². The molecule has 104 valence electrons. The lowest BCUT2D eigenvalue weighted by Gasteiger charge is -2.23. The Balaban J connectivity index is 2.30. The highest BCUT2D eigenvalue weighted by molar-refractivity contribution is 5.94. The topological polar surface area (TPSA) is 53.4 Å². The minimum atomic E-state index is -0.0142. The molecule has 0 aliphatic heterocycles. The number of hydrogen-bond donors (Lipinski definition) is 1. The number of carbonyl (C=O) groups excluding carboxylic acids is 1. The number of phenolic OH excluding ortho intramolecular Hbond substituents is 1. The first-order valence-electron chi connectivity index (χ1n) is 6.70. The quantitative estimate of drug-likeness (QED) is 0.908. The number of rotatable bonds is 5. The van der Waals surface area contributed by atoms with E-state index in [2.05, 4.69) is 4.98 Å². The summed E-state index contributed by atoms with van der Waals surface area (Å²) in [7, 11) is 0. The second-order valence-corrected chi connectivity index (χ2v) is 4.54. The van der Waals surface area contributed by atoms with Gasteiger partial charge in [0.25, 0.3) is 0 Å². The van der Waals surface area contributed by atoms with E-state index in [0.717, 1.165) is 12.1 Å². The molecule has 1 aromatic carbocycles. The second-order valence-electron chi connectivity index (χ2n) is 4.54. The Hall–Kier alpha value is -2.36. The van der Waals surface area contributed by atoms with Crippen LogP contribution in [0.4, 0.5) is 5.69 Å². The van der Waals surface area contributed by atoms with Gasteiger partial charge in [0, 0.05) is 12.6 Å². The predicted octanol–water partition coefficient (Wildman–Crippen LogP) is 3.12. The van der Waals surface area contributed by atoms with E-state index >= 15 is 0 Å². The molecule has 0 bridgehead atoms. The Morgan fingerprint density at radius 3 is 2.60 bits per heavy atom. The monoisotopic (exact) mass is 270 g/mol. The van der Waals surface area contributed by atoms with Crippen molar-refractivity contribution in [2.45, 2.75) is 26.3 Å². The Kier molecular flexibility index (Phi) is 4.71. The van der Waals surface area contributed by atoms with Crippen molar-refractivity contribution in [2.24, 2.45) is 0 Å². The van der Waals surface area contributed by atoms with E-state index in [4.69, 9.17) is 0 Å². The van der Waals surface area contributed by atoms with Gasteiger partial charge in [-0.15, -0.1) is 0 Å². The van der Waals surface area contributed by atoms with Gasteiger partial charge >= 0.3 is 0 Å². The zero-order valence-corrected chi connectivity index (χ0v) is 11.5. The summed E-state index contributed by atoms with van der Waals surface area (Å²) in [4.78, 5) is 18.1. The Bertz CT molecular complexity index is 570. The molecule has 0 saturated heterocycles. The summed E-state index contributed by atoms with van der Waals surface area (Å²) in [5.74, 6) is 0.0903. The third-order valence-corrected chi connectivity index (χ3v) is 2.98. The molecule has 1 N–H and O–H groups in total. The maximum atomic E-state index is 12.3. The molecule has 1 heterocycles. The van der Waals surface area contributed by atoms with Gasteiger partial charge in [-0.25, -0.2) is 0 Å². The fourth-order valence-electron chi connectivity index (χ4n) is 2.00. The van der Waals surface area contributed by atoms with E-state index in [1.807, 2.05) is 25.1 Å². The molecule has 2 aromatic rings. The zero-order valence-electron chi connectivity index (χ0n) is 11.5. The Labute approximate surface area is 118 Å². The number of para-hydroxylation sites is 2. The fraction of sp³-hybridized carbons (Fsp3) is 0.250. The highest BCUT2D eigenvalue weighted by Crippen LogP contribution is 2.28. The SMILES string of the molecule is CCCC(=O)N(Cc1ccccn1)c1ccccc1O. The largest absolute Gasteiger partial charge is 0.506 e. The summed E-state index contributed by atoms with van der Waals surface area (Å²) in [6.07, 6.45) is 2.91. The van der Waals surface area contributed by atoms with Crippen LogP contribution in [0.3, 0.4) is 0 Å². The number of hydrogen-bond acceptors (Lipinski definition) is 3. The minimum Gasteiger partial charge on any atom is -0.506 e. The second kappa shape index (κ2) is 6.70. The number of carbonyl (C=O) groups is 1. The van der Waals surface area contributed by atoms with Gasteiger partial charge in [0.15, 0.2) is 0 Å². The number of phenols is 1. The van der Waals surface area contributed by atoms with Crippen molar-refractivity contribution >= 4 is 11.6 Å². The zero-order chi connectivity index (χ0) is 14.4. The van der Waals surface area contributed by atoms with Crippen molar-refractivity contribution in [1.82, 2.24) is 4.98 Å². The van der Waals surface area contributed by atoms with Crippen LogP contribution in [0.1, 0.15) is 25.5 Å². The fourth-order valence-corrected chi connectivity index (χ4v) is 2.00. The van der Waals surface area contributed by atoms with Crippen LogP contribution in [0.2, 0.25) is 0 Å². The molecule has 4 heteroatoms. The highest BCUT2D eigenvalue weighted by Gasteiger charge is 2.18. The van der Waals surface area contributed by atoms with E-state index in [1.165, 1.54) is 0 Å². The number of nitrogens with zero attached hydrogens (tertiary/aromatic N) is 2. The van der Waals surface area contributed by atoms with Gasteiger partial charge in [0.2, 0.25) is 5.91 Å². The molecular weight excluding hydrogens is 252 g/mol. The maximum Gasteiger partial charge on any atom is 0.227 e. The molecule has 0 atom stereocenters. The lowest BCUT2D eigenvalue weighted by Crippen LogP contribution is -2.30. The van der Waals surface area contributed by atoms with Crippen LogP contribution in [0.25, 0.3) is 0 Å². The molecule has 0 spiro atoms. The van der Waals surface area contributed by atoms with Gasteiger partial charge in [0.1, 0.15) is 5.75 Å². The molecule has 0 fully saturated rings. The van der Waals surface area contributed by atoms with Crippen LogP contribution in [0, 0.1) is 0 Å². The molecule has 4 nitrogen and oxygen atoms in total. The Morgan fingerprint density at radius 2 is 1.95 bits per heavy atom. The van der Waals surface area contributed by atoms with Crippen LogP contribution in [-0.4, -0.2) is 16.0 Å². The Morgan fingerprint density at radius 1 is 1.20 bits per heavy atom. The van der Waals surface area contributed by atoms with E-state index in [-0.39, 0.29) is 11.7 Å². The van der Waals surface area contributed by atoms with Crippen molar-refractivity contribution in [1.29, 1.82) is 0 Å². The lowest BCUT2D eigenvalue weighted by atomic mass is 10.2. The summed E-state index contributed by atoms with van der Waals surface area (Å²) in [6, 6.07) is 12.5. The smallest absolute Gasteiger partial charge is 0.227 e. The van der Waals surface area contributed by atoms with Gasteiger partial charge in [-0.05, 0) is 30.7 Å². The predicted molar refractivity (Wildman–Crippen MR) is 78.4 cm³/mol. The van der Waals surface area contributed by atoms with E-state index < -0.39 is 0 Å². The standard InChI is InChI=1S/C16H18N2O2/c1-2-7-16(20)18(12-13-8-5-6-11-17-13)14-9-3-4-10-15(14)19/h3-6,8-11,19H,2,7,12H2,1H3. The first kappa shape index (κ1) is 14.1. The summed E-state index contributed by atoms with van der Waals surface area (Å²) in [5, 5.41) is 9.96. The van der Waals surface area contributed by atoms with Gasteiger partial charge in [-0.3, -0.25) is 9.78 Å². The molecular formula is C16H18N2O2. The lowest BCUT2D eigenvalue weighted by molar-refractivity contribution is -0.118. The van der Waals surface area contributed by atoms with Crippen LogP contribution in [0.5, 0.6) is 5.75 Å². The number of anilines is 1. The maximum absolute atomic E-state index is 12.3. The first-order chi connectivity index (χ1) is 9.72. The van der Waals surface area contributed by atoms with Gasteiger partial charge in [0.05, 0.1) is 17.9 Å². The normalized spacial score (nSPS) is 10.2. The molecule has 0 aliphatic carbocycles. The van der Waals surface area contributed by atoms with Crippen LogP contribution >= 0.6 is 0 Å².